The van der Waals surface area contributed by atoms with Gasteiger partial charge in [-0.3, -0.25) is 4.98 Å². The Labute approximate surface area is 157 Å². The third-order valence-corrected chi connectivity index (χ3v) is 4.25. The molecule has 2 aromatic rings. The molecule has 5 nitrogen and oxygen atoms in total. The molecular weight excluding hydrogens is 322 g/mol. The van der Waals surface area contributed by atoms with Gasteiger partial charge < -0.3 is 15.5 Å². The molecule has 0 aliphatic carbocycles. The van der Waals surface area contributed by atoms with Crippen LogP contribution in [0.2, 0.25) is 0 Å². The number of nitrogens with zero attached hydrogens (tertiary/aromatic N) is 3. The first kappa shape index (κ1) is 19.8. The smallest absolute Gasteiger partial charge is 0.191 e. The first-order chi connectivity index (χ1) is 12.7. The van der Waals surface area contributed by atoms with E-state index in [0.29, 0.717) is 6.54 Å². The summed E-state index contributed by atoms with van der Waals surface area (Å²) in [5.41, 5.74) is 3.47. The van der Waals surface area contributed by atoms with Gasteiger partial charge in [-0.25, -0.2) is 4.99 Å². The van der Waals surface area contributed by atoms with E-state index in [2.05, 4.69) is 82.7 Å². The van der Waals surface area contributed by atoms with Crippen LogP contribution in [-0.2, 0) is 6.54 Å². The van der Waals surface area contributed by atoms with Crippen LogP contribution in [0.5, 0.6) is 0 Å². The van der Waals surface area contributed by atoms with Crippen molar-refractivity contribution in [2.45, 2.75) is 33.7 Å². The summed E-state index contributed by atoms with van der Waals surface area (Å²) in [7, 11) is 0. The summed E-state index contributed by atoms with van der Waals surface area (Å²) in [6.45, 7) is 10.7. The lowest BCUT2D eigenvalue weighted by molar-refractivity contribution is 0.708. The van der Waals surface area contributed by atoms with Gasteiger partial charge in [0, 0.05) is 38.1 Å². The summed E-state index contributed by atoms with van der Waals surface area (Å²) in [5, 5.41) is 6.73. The molecule has 5 heteroatoms. The molecular formula is C21H31N5. The zero-order chi connectivity index (χ0) is 18.6. The van der Waals surface area contributed by atoms with Gasteiger partial charge in [-0.2, -0.15) is 0 Å². The number of guanidine groups is 1. The van der Waals surface area contributed by atoms with Gasteiger partial charge in [0.2, 0.25) is 0 Å². The molecule has 0 saturated heterocycles. The molecule has 0 unspecified atom stereocenters. The first-order valence-electron chi connectivity index (χ1n) is 9.47. The van der Waals surface area contributed by atoms with Gasteiger partial charge in [-0.1, -0.05) is 24.3 Å². The Morgan fingerprint density at radius 2 is 1.88 bits per heavy atom. The lowest BCUT2D eigenvalue weighted by Gasteiger charge is -2.23. The lowest BCUT2D eigenvalue weighted by atomic mass is 10.2. The van der Waals surface area contributed by atoms with Crippen molar-refractivity contribution in [2.75, 3.05) is 31.1 Å². The molecule has 1 heterocycles. The number of hydrogen-bond acceptors (Lipinski definition) is 3. The van der Waals surface area contributed by atoms with Crippen LogP contribution in [0.25, 0.3) is 0 Å². The van der Waals surface area contributed by atoms with E-state index >= 15 is 0 Å². The molecule has 2 N–H and O–H groups in total. The SMILES string of the molecule is CCNC(=NCc1ncccc1C)NCCCN(CC)c1ccccc1. The fourth-order valence-corrected chi connectivity index (χ4v) is 2.76. The fraction of sp³-hybridized carbons (Fsp3) is 0.429. The van der Waals surface area contributed by atoms with Gasteiger partial charge in [-0.15, -0.1) is 0 Å². The summed E-state index contributed by atoms with van der Waals surface area (Å²) >= 11 is 0. The maximum Gasteiger partial charge on any atom is 0.191 e. The normalized spacial score (nSPS) is 11.3. The van der Waals surface area contributed by atoms with E-state index < -0.39 is 0 Å². The number of aliphatic imine (C=N–C) groups is 1. The van der Waals surface area contributed by atoms with E-state index in [1.807, 2.05) is 12.3 Å². The number of benzene rings is 1. The molecule has 2 rings (SSSR count). The van der Waals surface area contributed by atoms with E-state index in [0.717, 1.165) is 44.3 Å². The zero-order valence-corrected chi connectivity index (χ0v) is 16.2. The molecule has 0 radical (unpaired) electrons. The predicted octanol–water partition coefficient (Wildman–Crippen LogP) is 3.36. The van der Waals surface area contributed by atoms with Crippen LogP contribution in [0.15, 0.2) is 53.7 Å². The molecule has 1 aromatic heterocycles. The topological polar surface area (TPSA) is 52.6 Å². The maximum absolute atomic E-state index is 4.66. The Bertz CT molecular complexity index is 669. The van der Waals surface area contributed by atoms with Crippen molar-refractivity contribution < 1.29 is 0 Å². The molecule has 0 aliphatic heterocycles. The standard InChI is InChI=1S/C21H31N5/c1-4-22-21(25-17-20-18(3)11-9-14-23-20)24-15-10-16-26(5-2)19-12-7-6-8-13-19/h6-9,11-14H,4-5,10,15-17H2,1-3H3,(H2,22,24,25). The Morgan fingerprint density at radius 3 is 2.58 bits per heavy atom. The summed E-state index contributed by atoms with van der Waals surface area (Å²) in [4.78, 5) is 11.5. The highest BCUT2D eigenvalue weighted by Crippen LogP contribution is 2.12. The van der Waals surface area contributed by atoms with Crippen molar-refractivity contribution >= 4 is 11.6 Å². The third kappa shape index (κ3) is 6.39. The lowest BCUT2D eigenvalue weighted by Crippen LogP contribution is -2.38. The minimum atomic E-state index is 0.590. The zero-order valence-electron chi connectivity index (χ0n) is 16.2. The van der Waals surface area contributed by atoms with Crippen LogP contribution in [0.3, 0.4) is 0 Å². The second kappa shape index (κ2) is 11.1. The predicted molar refractivity (Wildman–Crippen MR) is 111 cm³/mol. The minimum Gasteiger partial charge on any atom is -0.372 e. The largest absolute Gasteiger partial charge is 0.372 e. The van der Waals surface area contributed by atoms with Crippen molar-refractivity contribution in [3.63, 3.8) is 0 Å². The number of rotatable bonds is 9. The number of pyridine rings is 1. The van der Waals surface area contributed by atoms with E-state index in [4.69, 9.17) is 0 Å². The second-order valence-electron chi connectivity index (χ2n) is 6.16. The van der Waals surface area contributed by atoms with Crippen molar-refractivity contribution in [1.82, 2.24) is 15.6 Å². The van der Waals surface area contributed by atoms with Gasteiger partial charge >= 0.3 is 0 Å². The highest BCUT2D eigenvalue weighted by molar-refractivity contribution is 5.79. The number of aryl methyl sites for hydroxylation is 1. The van der Waals surface area contributed by atoms with E-state index in [1.54, 1.807) is 0 Å². The van der Waals surface area contributed by atoms with Gasteiger partial charge in [0.1, 0.15) is 0 Å². The van der Waals surface area contributed by atoms with Crippen molar-refractivity contribution in [3.05, 3.63) is 59.9 Å². The van der Waals surface area contributed by atoms with Crippen molar-refractivity contribution in [1.29, 1.82) is 0 Å². The van der Waals surface area contributed by atoms with E-state index in [9.17, 15) is 0 Å². The Kier molecular flexibility index (Phi) is 8.46. The molecule has 1 aromatic carbocycles. The molecule has 0 saturated carbocycles. The summed E-state index contributed by atoms with van der Waals surface area (Å²) in [5.74, 6) is 0.848. The molecule has 0 amide bonds. The number of hydrogen-bond donors (Lipinski definition) is 2. The van der Waals surface area contributed by atoms with E-state index in [-0.39, 0.29) is 0 Å². The second-order valence-corrected chi connectivity index (χ2v) is 6.16. The molecule has 140 valence electrons. The Balaban J connectivity index is 1.82. The van der Waals surface area contributed by atoms with Crippen molar-refractivity contribution in [3.8, 4) is 0 Å². The monoisotopic (exact) mass is 353 g/mol. The van der Waals surface area contributed by atoms with Crippen LogP contribution in [0.1, 0.15) is 31.5 Å². The molecule has 0 spiro atoms. The van der Waals surface area contributed by atoms with Crippen LogP contribution < -0.4 is 15.5 Å². The molecule has 0 atom stereocenters. The van der Waals surface area contributed by atoms with Gasteiger partial charge in [-0.05, 0) is 51.0 Å². The highest BCUT2D eigenvalue weighted by atomic mass is 15.2. The summed E-state index contributed by atoms with van der Waals surface area (Å²) in [6, 6.07) is 14.6. The molecule has 0 fully saturated rings. The third-order valence-electron chi connectivity index (χ3n) is 4.25. The van der Waals surface area contributed by atoms with Crippen molar-refractivity contribution in [2.24, 2.45) is 4.99 Å². The molecule has 0 aliphatic rings. The highest BCUT2D eigenvalue weighted by Gasteiger charge is 2.04. The number of aromatic nitrogens is 1. The minimum absolute atomic E-state index is 0.590. The summed E-state index contributed by atoms with van der Waals surface area (Å²) in [6.07, 6.45) is 2.87. The molecule has 26 heavy (non-hydrogen) atoms. The first-order valence-corrected chi connectivity index (χ1v) is 9.47. The Morgan fingerprint density at radius 1 is 1.08 bits per heavy atom. The summed E-state index contributed by atoms with van der Waals surface area (Å²) < 4.78 is 0. The van der Waals surface area contributed by atoms with E-state index in [1.165, 1.54) is 11.3 Å². The van der Waals surface area contributed by atoms with Gasteiger partial charge in [0.15, 0.2) is 5.96 Å². The molecule has 0 bridgehead atoms. The van der Waals surface area contributed by atoms with Crippen LogP contribution in [0.4, 0.5) is 5.69 Å². The van der Waals surface area contributed by atoms with Crippen LogP contribution in [0, 0.1) is 6.92 Å². The fourth-order valence-electron chi connectivity index (χ4n) is 2.76. The van der Waals surface area contributed by atoms with Crippen LogP contribution >= 0.6 is 0 Å². The van der Waals surface area contributed by atoms with Crippen LogP contribution in [-0.4, -0.2) is 37.1 Å². The number of anilines is 1. The van der Waals surface area contributed by atoms with Gasteiger partial charge in [0.25, 0.3) is 0 Å². The maximum atomic E-state index is 4.66. The van der Waals surface area contributed by atoms with Gasteiger partial charge in [0.05, 0.1) is 12.2 Å². The Hall–Kier alpha value is -2.56. The number of para-hydroxylation sites is 1. The average molecular weight is 354 g/mol. The number of nitrogens with one attached hydrogen (secondary N) is 2. The average Bonchev–Trinajstić information content (AvgIpc) is 2.68. The quantitative estimate of drug-likeness (QED) is 0.412.